The minimum atomic E-state index is -0.336. The van der Waals surface area contributed by atoms with Crippen molar-refractivity contribution in [3.63, 3.8) is 0 Å². The van der Waals surface area contributed by atoms with Crippen LogP contribution in [-0.2, 0) is 11.3 Å². The van der Waals surface area contributed by atoms with Gasteiger partial charge in [0.15, 0.2) is 0 Å². The number of fused-ring (bicyclic) bond motifs is 1. The van der Waals surface area contributed by atoms with Crippen molar-refractivity contribution in [3.8, 4) is 5.75 Å². The number of ether oxygens (including phenoxy) is 1. The van der Waals surface area contributed by atoms with E-state index in [2.05, 4.69) is 29.2 Å². The first-order valence-electron chi connectivity index (χ1n) is 13.5. The highest BCUT2D eigenvalue weighted by atomic mass is 16.5. The van der Waals surface area contributed by atoms with Crippen LogP contribution in [0.15, 0.2) is 42.7 Å². The minimum absolute atomic E-state index is 0.0173. The molecule has 2 amide bonds. The van der Waals surface area contributed by atoms with Crippen LogP contribution in [0.3, 0.4) is 0 Å². The van der Waals surface area contributed by atoms with Gasteiger partial charge in [-0.1, -0.05) is 26.2 Å². The summed E-state index contributed by atoms with van der Waals surface area (Å²) in [6, 6.07) is 9.00. The molecular formula is C29H40N4O4. The number of rotatable bonds is 8. The molecule has 1 saturated carbocycles. The second-order valence-electron chi connectivity index (χ2n) is 10.7. The summed E-state index contributed by atoms with van der Waals surface area (Å²) < 4.78 is 6.49. The number of nitrogens with zero attached hydrogens (tertiary/aromatic N) is 3. The molecule has 8 nitrogen and oxygen atoms in total. The molecule has 8 heteroatoms. The zero-order chi connectivity index (χ0) is 26.4. The van der Waals surface area contributed by atoms with Gasteiger partial charge in [-0.15, -0.1) is 0 Å². The zero-order valence-corrected chi connectivity index (χ0v) is 22.2. The minimum Gasteiger partial charge on any atom is -0.488 e. The van der Waals surface area contributed by atoms with Gasteiger partial charge >= 0.3 is 0 Å². The van der Waals surface area contributed by atoms with Crippen molar-refractivity contribution in [1.29, 1.82) is 0 Å². The molecule has 1 fully saturated rings. The number of carbonyl (C=O) groups is 2. The number of anilines is 1. The first-order valence-corrected chi connectivity index (χ1v) is 13.5. The fourth-order valence-corrected chi connectivity index (χ4v) is 5.30. The van der Waals surface area contributed by atoms with Crippen molar-refractivity contribution in [2.75, 3.05) is 32.1 Å². The second kappa shape index (κ2) is 12.5. The Labute approximate surface area is 220 Å². The molecule has 2 aromatic rings. The van der Waals surface area contributed by atoms with Gasteiger partial charge in [0.1, 0.15) is 11.9 Å². The molecule has 1 aliphatic carbocycles. The van der Waals surface area contributed by atoms with Crippen LogP contribution in [-0.4, -0.2) is 70.6 Å². The Morgan fingerprint density at radius 2 is 1.95 bits per heavy atom. The summed E-state index contributed by atoms with van der Waals surface area (Å²) >= 11 is 0. The summed E-state index contributed by atoms with van der Waals surface area (Å²) in [6.45, 7) is 5.69. The van der Waals surface area contributed by atoms with Crippen molar-refractivity contribution in [1.82, 2.24) is 14.8 Å². The largest absolute Gasteiger partial charge is 0.488 e. The molecule has 3 atom stereocenters. The maximum absolute atomic E-state index is 13.7. The van der Waals surface area contributed by atoms with Gasteiger partial charge in [-0.3, -0.25) is 19.5 Å². The van der Waals surface area contributed by atoms with E-state index in [1.807, 2.05) is 25.1 Å². The van der Waals surface area contributed by atoms with Crippen LogP contribution in [0.5, 0.6) is 5.75 Å². The predicted molar refractivity (Wildman–Crippen MR) is 143 cm³/mol. The molecule has 1 aliphatic heterocycles. The smallest absolute Gasteiger partial charge is 0.258 e. The third kappa shape index (κ3) is 6.87. The Balaban J connectivity index is 1.57. The number of aromatic nitrogens is 1. The molecule has 0 radical (unpaired) electrons. The Bertz CT molecular complexity index is 1060. The number of benzene rings is 1. The topological polar surface area (TPSA) is 95.0 Å². The lowest BCUT2D eigenvalue weighted by atomic mass is 9.88. The fraction of sp³-hybridized carbons (Fsp3) is 0.552. The number of pyridine rings is 1. The van der Waals surface area contributed by atoms with Crippen molar-refractivity contribution in [3.05, 3.63) is 53.9 Å². The highest BCUT2D eigenvalue weighted by Crippen LogP contribution is 2.32. The van der Waals surface area contributed by atoms with Gasteiger partial charge in [0.05, 0.1) is 18.2 Å². The van der Waals surface area contributed by atoms with Crippen molar-refractivity contribution in [2.45, 2.75) is 64.6 Å². The number of carbonyl (C=O) groups excluding carboxylic acids is 2. The highest BCUT2D eigenvalue weighted by molar-refractivity contribution is 6.00. The quantitative estimate of drug-likeness (QED) is 0.561. The molecular weight excluding hydrogens is 468 g/mol. The van der Waals surface area contributed by atoms with Crippen molar-refractivity contribution >= 4 is 17.5 Å². The Kier molecular flexibility index (Phi) is 9.16. The number of hydrogen-bond acceptors (Lipinski definition) is 6. The maximum Gasteiger partial charge on any atom is 0.258 e. The van der Waals surface area contributed by atoms with Crippen LogP contribution in [0.1, 0.15) is 61.9 Å². The lowest BCUT2D eigenvalue weighted by Crippen LogP contribution is -2.49. The molecule has 0 spiro atoms. The second-order valence-corrected chi connectivity index (χ2v) is 10.7. The van der Waals surface area contributed by atoms with Gasteiger partial charge in [-0.05, 0) is 62.7 Å². The average Bonchev–Trinajstić information content (AvgIpc) is 2.91. The highest BCUT2D eigenvalue weighted by Gasteiger charge is 2.33. The molecule has 0 unspecified atom stereocenters. The molecule has 2 heterocycles. The van der Waals surface area contributed by atoms with Gasteiger partial charge in [-0.2, -0.15) is 0 Å². The van der Waals surface area contributed by atoms with Gasteiger partial charge in [0.25, 0.3) is 5.91 Å². The van der Waals surface area contributed by atoms with E-state index >= 15 is 0 Å². The number of nitrogens with one attached hydrogen (secondary N) is 1. The predicted octanol–water partition coefficient (Wildman–Crippen LogP) is 3.95. The average molecular weight is 509 g/mol. The van der Waals surface area contributed by atoms with Crippen LogP contribution in [0.4, 0.5) is 5.69 Å². The zero-order valence-electron chi connectivity index (χ0n) is 22.2. The van der Waals surface area contributed by atoms with Crippen LogP contribution in [0.2, 0.25) is 0 Å². The number of aliphatic hydroxyl groups excluding tert-OH is 1. The summed E-state index contributed by atoms with van der Waals surface area (Å²) in [5.74, 6) is 0.389. The van der Waals surface area contributed by atoms with Gasteiger partial charge in [0, 0.05) is 49.6 Å². The van der Waals surface area contributed by atoms with E-state index in [4.69, 9.17) is 4.74 Å². The number of hydrogen-bond donors (Lipinski definition) is 2. The molecule has 0 saturated heterocycles. The first-order chi connectivity index (χ1) is 17.9. The van der Waals surface area contributed by atoms with E-state index in [0.29, 0.717) is 30.1 Å². The Hall–Kier alpha value is -2.97. The molecule has 200 valence electrons. The van der Waals surface area contributed by atoms with Crippen molar-refractivity contribution in [2.24, 2.45) is 11.8 Å². The van der Waals surface area contributed by atoms with E-state index < -0.39 is 0 Å². The lowest BCUT2D eigenvalue weighted by molar-refractivity contribution is -0.120. The summed E-state index contributed by atoms with van der Waals surface area (Å²) in [4.78, 5) is 34.5. The van der Waals surface area contributed by atoms with Gasteiger partial charge < -0.3 is 20.1 Å². The van der Waals surface area contributed by atoms with E-state index in [1.165, 1.54) is 12.0 Å². The van der Waals surface area contributed by atoms with Crippen LogP contribution < -0.4 is 10.1 Å². The van der Waals surface area contributed by atoms with E-state index in [9.17, 15) is 14.7 Å². The van der Waals surface area contributed by atoms with Gasteiger partial charge in [-0.25, -0.2) is 0 Å². The standard InChI is InChI=1S/C29H40N4O4/c1-20-16-33(21(2)19-34)29(36)25-15-24(31-28(35)23-7-5-4-6-8-23)9-10-26(25)37-27(20)18-32(3)17-22-11-13-30-14-12-22/h9-15,20-21,23,27,34H,4-8,16-19H2,1-3H3,(H,31,35)/t20-,21-,27-/m0/s1. The Morgan fingerprint density at radius 1 is 1.22 bits per heavy atom. The summed E-state index contributed by atoms with van der Waals surface area (Å²) in [5.41, 5.74) is 2.18. The molecule has 1 aromatic carbocycles. The third-order valence-corrected chi connectivity index (χ3v) is 7.60. The SMILES string of the molecule is C[C@H]1CN([C@@H](C)CO)C(=O)c2cc(NC(=O)C3CCCCC3)ccc2O[C@H]1CN(C)Cc1ccncc1. The number of likely N-dealkylation sites (N-methyl/N-ethyl adjacent to an activating group) is 1. The first kappa shape index (κ1) is 27.1. The molecule has 1 aromatic heterocycles. The van der Waals surface area contributed by atoms with Crippen LogP contribution in [0, 0.1) is 11.8 Å². The Morgan fingerprint density at radius 3 is 2.65 bits per heavy atom. The third-order valence-electron chi connectivity index (χ3n) is 7.60. The molecule has 37 heavy (non-hydrogen) atoms. The monoisotopic (exact) mass is 508 g/mol. The van der Waals surface area contributed by atoms with E-state index in [-0.39, 0.29) is 42.4 Å². The maximum atomic E-state index is 13.7. The molecule has 2 aliphatic rings. The van der Waals surface area contributed by atoms with Crippen molar-refractivity contribution < 1.29 is 19.4 Å². The van der Waals surface area contributed by atoms with Crippen LogP contribution >= 0.6 is 0 Å². The van der Waals surface area contributed by atoms with E-state index in [0.717, 1.165) is 32.2 Å². The molecule has 4 rings (SSSR count). The number of amides is 2. The summed E-state index contributed by atoms with van der Waals surface area (Å²) in [6.07, 6.45) is 8.58. The van der Waals surface area contributed by atoms with Gasteiger partial charge in [0.2, 0.25) is 5.91 Å². The van der Waals surface area contributed by atoms with E-state index in [1.54, 1.807) is 29.4 Å². The molecule has 2 N–H and O–H groups in total. The van der Waals surface area contributed by atoms with Crippen LogP contribution in [0.25, 0.3) is 0 Å². The number of aliphatic hydroxyl groups is 1. The summed E-state index contributed by atoms with van der Waals surface area (Å²) in [5, 5.41) is 12.9. The lowest BCUT2D eigenvalue weighted by Gasteiger charge is -2.38. The fourth-order valence-electron chi connectivity index (χ4n) is 5.30. The normalized spacial score (nSPS) is 21.5. The summed E-state index contributed by atoms with van der Waals surface area (Å²) in [7, 11) is 2.05. The molecule has 0 bridgehead atoms.